The predicted molar refractivity (Wildman–Crippen MR) is 148 cm³/mol. The van der Waals surface area contributed by atoms with Crippen LogP contribution in [0.15, 0.2) is 107 Å². The molecule has 4 aromatic rings. The average molecular weight is 526 g/mol. The molecule has 38 heavy (non-hydrogen) atoms. The van der Waals surface area contributed by atoms with E-state index in [-0.39, 0.29) is 10.8 Å². The minimum Gasteiger partial charge on any atom is -0.464 e. The van der Waals surface area contributed by atoms with Gasteiger partial charge in [-0.2, -0.15) is 5.26 Å². The monoisotopic (exact) mass is 525 g/mol. The van der Waals surface area contributed by atoms with E-state index in [0.717, 1.165) is 0 Å². The van der Waals surface area contributed by atoms with Crippen LogP contribution in [0.2, 0.25) is 0 Å². The number of sulfonamides is 1. The van der Waals surface area contributed by atoms with Crippen LogP contribution in [-0.2, 0) is 14.8 Å². The molecule has 1 heterocycles. The lowest BCUT2D eigenvalue weighted by Crippen LogP contribution is -2.40. The Labute approximate surface area is 222 Å². The van der Waals surface area contributed by atoms with Crippen molar-refractivity contribution in [1.82, 2.24) is 4.72 Å². The molecule has 192 valence electrons. The van der Waals surface area contributed by atoms with Crippen molar-refractivity contribution in [1.29, 1.82) is 5.26 Å². The summed E-state index contributed by atoms with van der Waals surface area (Å²) < 4.78 is 34.2. The van der Waals surface area contributed by atoms with E-state index in [1.54, 1.807) is 106 Å². The summed E-state index contributed by atoms with van der Waals surface area (Å²) in [5.74, 6) is 0.108. The third kappa shape index (κ3) is 6.45. The van der Waals surface area contributed by atoms with Crippen molar-refractivity contribution in [3.8, 4) is 17.2 Å². The molecule has 0 spiro atoms. The molecule has 0 bridgehead atoms. The molecule has 1 amide bonds. The van der Waals surface area contributed by atoms with Crippen LogP contribution in [0.1, 0.15) is 37.7 Å². The van der Waals surface area contributed by atoms with Gasteiger partial charge in [-0.1, -0.05) is 42.5 Å². The SMILES string of the molecule is CC(C)(C)NS(=O)(=O)c1ccccc1-c1ccc(NC(=O)/C=C(\c2cccc(C#N)c2)c2ccco2)cc1. The molecule has 0 saturated carbocycles. The van der Waals surface area contributed by atoms with Crippen LogP contribution in [0.5, 0.6) is 0 Å². The van der Waals surface area contributed by atoms with Gasteiger partial charge in [0.05, 0.1) is 22.8 Å². The van der Waals surface area contributed by atoms with Gasteiger partial charge in [-0.25, -0.2) is 13.1 Å². The zero-order chi connectivity index (χ0) is 27.3. The van der Waals surface area contributed by atoms with Crippen molar-refractivity contribution < 1.29 is 17.6 Å². The smallest absolute Gasteiger partial charge is 0.249 e. The highest BCUT2D eigenvalue weighted by molar-refractivity contribution is 7.89. The molecule has 4 rings (SSSR count). The van der Waals surface area contributed by atoms with Crippen LogP contribution < -0.4 is 10.0 Å². The Bertz CT molecular complexity index is 1620. The molecule has 7 nitrogen and oxygen atoms in total. The summed E-state index contributed by atoms with van der Waals surface area (Å²) in [5.41, 5.74) is 2.83. The van der Waals surface area contributed by atoms with Gasteiger partial charge in [0.15, 0.2) is 0 Å². The number of hydrogen-bond donors (Lipinski definition) is 2. The van der Waals surface area contributed by atoms with Crippen molar-refractivity contribution in [3.05, 3.63) is 114 Å². The van der Waals surface area contributed by atoms with Crippen molar-refractivity contribution in [2.45, 2.75) is 31.2 Å². The molecule has 8 heteroatoms. The Kier molecular flexibility index (Phi) is 7.62. The van der Waals surface area contributed by atoms with Crippen LogP contribution in [-0.4, -0.2) is 19.9 Å². The highest BCUT2D eigenvalue weighted by Crippen LogP contribution is 2.29. The Balaban J connectivity index is 1.59. The van der Waals surface area contributed by atoms with Gasteiger partial charge in [-0.3, -0.25) is 4.79 Å². The molecule has 0 saturated heterocycles. The lowest BCUT2D eigenvalue weighted by molar-refractivity contribution is -0.111. The minimum absolute atomic E-state index is 0.178. The maximum atomic E-state index is 13.0. The van der Waals surface area contributed by atoms with E-state index in [2.05, 4.69) is 16.1 Å². The molecule has 0 unspecified atom stereocenters. The second-order valence-corrected chi connectivity index (χ2v) is 11.3. The van der Waals surface area contributed by atoms with Gasteiger partial charge < -0.3 is 9.73 Å². The lowest BCUT2D eigenvalue weighted by atomic mass is 10.0. The maximum Gasteiger partial charge on any atom is 0.249 e. The Morgan fingerprint density at radius 2 is 1.68 bits per heavy atom. The third-order valence-electron chi connectivity index (χ3n) is 5.45. The number of hydrogen-bond acceptors (Lipinski definition) is 5. The maximum absolute atomic E-state index is 13.0. The Morgan fingerprint density at radius 3 is 2.34 bits per heavy atom. The highest BCUT2D eigenvalue weighted by Gasteiger charge is 2.24. The lowest BCUT2D eigenvalue weighted by Gasteiger charge is -2.21. The minimum atomic E-state index is -3.75. The normalized spacial score (nSPS) is 12.1. The molecule has 2 N–H and O–H groups in total. The van der Waals surface area contributed by atoms with Gasteiger partial charge >= 0.3 is 0 Å². The fourth-order valence-electron chi connectivity index (χ4n) is 3.92. The second kappa shape index (κ2) is 10.9. The molecular weight excluding hydrogens is 498 g/mol. The molecule has 0 aliphatic carbocycles. The van der Waals surface area contributed by atoms with E-state index in [4.69, 9.17) is 4.42 Å². The molecular formula is C30H27N3O4S. The zero-order valence-corrected chi connectivity index (χ0v) is 22.0. The van der Waals surface area contributed by atoms with Crippen LogP contribution in [0, 0.1) is 11.3 Å². The number of benzene rings is 3. The molecule has 3 aromatic carbocycles. The van der Waals surface area contributed by atoms with Crippen molar-refractivity contribution in [2.24, 2.45) is 0 Å². The largest absolute Gasteiger partial charge is 0.464 e. The van der Waals surface area contributed by atoms with E-state index in [9.17, 15) is 18.5 Å². The van der Waals surface area contributed by atoms with Gasteiger partial charge in [-0.15, -0.1) is 0 Å². The molecule has 0 radical (unpaired) electrons. The number of carbonyl (C=O) groups excluding carboxylic acids is 1. The summed E-state index contributed by atoms with van der Waals surface area (Å²) in [5, 5.41) is 12.1. The Hall–Kier alpha value is -4.45. The van der Waals surface area contributed by atoms with E-state index in [1.807, 2.05) is 0 Å². The highest BCUT2D eigenvalue weighted by atomic mass is 32.2. The summed E-state index contributed by atoms with van der Waals surface area (Å²) in [6.07, 6.45) is 2.94. The van der Waals surface area contributed by atoms with Crippen LogP contribution in [0.3, 0.4) is 0 Å². The van der Waals surface area contributed by atoms with E-state index < -0.39 is 15.6 Å². The summed E-state index contributed by atoms with van der Waals surface area (Å²) in [7, 11) is -3.75. The average Bonchev–Trinajstić information content (AvgIpc) is 3.41. The van der Waals surface area contributed by atoms with Gasteiger partial charge in [-0.05, 0) is 74.4 Å². The fraction of sp³-hybridized carbons (Fsp3) is 0.133. The van der Waals surface area contributed by atoms with Gasteiger partial charge in [0.25, 0.3) is 0 Å². The van der Waals surface area contributed by atoms with Gasteiger partial charge in [0, 0.05) is 28.4 Å². The van der Waals surface area contributed by atoms with Gasteiger partial charge in [0.2, 0.25) is 15.9 Å². The standard InChI is InChI=1S/C30H27N3O4S/c1-30(2,3)33-38(35,36)28-12-5-4-10-25(28)22-13-15-24(16-14-22)32-29(34)19-26(27-11-7-17-37-27)23-9-6-8-21(18-23)20-31/h4-19,33H,1-3H3,(H,32,34)/b26-19+. The summed E-state index contributed by atoms with van der Waals surface area (Å²) >= 11 is 0. The number of furan rings is 1. The van der Waals surface area contributed by atoms with Crippen LogP contribution >= 0.6 is 0 Å². The number of anilines is 1. The van der Waals surface area contributed by atoms with Gasteiger partial charge in [0.1, 0.15) is 5.76 Å². The van der Waals surface area contributed by atoms with E-state index >= 15 is 0 Å². The molecule has 0 fully saturated rings. The van der Waals surface area contributed by atoms with Crippen molar-refractivity contribution in [2.75, 3.05) is 5.32 Å². The first-order chi connectivity index (χ1) is 18.1. The Morgan fingerprint density at radius 1 is 0.947 bits per heavy atom. The molecule has 0 aliphatic rings. The molecule has 0 atom stereocenters. The first kappa shape index (κ1) is 26.6. The molecule has 1 aromatic heterocycles. The summed E-state index contributed by atoms with van der Waals surface area (Å²) in [6, 6.07) is 26.2. The number of nitriles is 1. The topological polar surface area (TPSA) is 112 Å². The fourth-order valence-corrected chi connectivity index (χ4v) is 5.57. The summed E-state index contributed by atoms with van der Waals surface area (Å²) in [6.45, 7) is 5.36. The van der Waals surface area contributed by atoms with Crippen molar-refractivity contribution >= 4 is 27.2 Å². The quantitative estimate of drug-likeness (QED) is 0.289. The van der Waals surface area contributed by atoms with E-state index in [0.29, 0.717) is 39.3 Å². The zero-order valence-electron chi connectivity index (χ0n) is 21.2. The van der Waals surface area contributed by atoms with Crippen molar-refractivity contribution in [3.63, 3.8) is 0 Å². The van der Waals surface area contributed by atoms with E-state index in [1.165, 1.54) is 12.3 Å². The number of nitrogens with zero attached hydrogens (tertiary/aromatic N) is 1. The number of amides is 1. The number of nitrogens with one attached hydrogen (secondary N) is 2. The first-order valence-electron chi connectivity index (χ1n) is 11.9. The molecule has 0 aliphatic heterocycles. The number of rotatable bonds is 7. The van der Waals surface area contributed by atoms with Crippen LogP contribution in [0.4, 0.5) is 5.69 Å². The third-order valence-corrected chi connectivity index (χ3v) is 7.26. The van der Waals surface area contributed by atoms with Crippen LogP contribution in [0.25, 0.3) is 16.7 Å². The predicted octanol–water partition coefficient (Wildman–Crippen LogP) is 5.97. The summed E-state index contributed by atoms with van der Waals surface area (Å²) in [4.78, 5) is 13.1. The first-order valence-corrected chi connectivity index (χ1v) is 13.3. The second-order valence-electron chi connectivity index (χ2n) is 9.65. The number of carbonyl (C=O) groups is 1.